The highest BCUT2D eigenvalue weighted by Crippen LogP contribution is 1.76. The first kappa shape index (κ1) is 5.92. The van der Waals surface area contributed by atoms with Gasteiger partial charge in [0, 0.05) is 0 Å². The second-order valence-corrected chi connectivity index (χ2v) is 0.737. The summed E-state index contributed by atoms with van der Waals surface area (Å²) in [6.07, 6.45) is 1.22. The zero-order chi connectivity index (χ0) is 5.70. The van der Waals surface area contributed by atoms with Gasteiger partial charge in [-0.15, -0.1) is 0 Å². The van der Waals surface area contributed by atoms with Gasteiger partial charge in [0.05, 0.1) is 7.11 Å². The highest BCUT2D eigenvalue weighted by atomic mass is 16.5. The van der Waals surface area contributed by atoms with E-state index in [0.29, 0.717) is 0 Å². The molecule has 7 heavy (non-hydrogen) atoms. The Morgan fingerprint density at radius 3 is 2.14 bits per heavy atom. The van der Waals surface area contributed by atoms with Crippen LogP contribution in [0.1, 0.15) is 0 Å². The number of rotatable bonds is 2. The lowest BCUT2D eigenvalue weighted by molar-refractivity contribution is 0.312. The molecule has 0 bridgehead atoms. The molecule has 37 valence electrons. The van der Waals surface area contributed by atoms with Crippen molar-refractivity contribution in [1.82, 2.24) is 0 Å². The smallest absolute Gasteiger partial charge is 0.283 e. The zero-order valence-corrected chi connectivity index (χ0v) is 3.72. The van der Waals surface area contributed by atoms with Crippen LogP contribution in [0.2, 0.25) is 0 Å². The highest BCUT2D eigenvalue weighted by Gasteiger charge is 1.88. The maximum atomic E-state index is 9.42. The van der Waals surface area contributed by atoms with Gasteiger partial charge in [-0.2, -0.15) is 0 Å². The number of methoxy groups -OCH3 is 1. The summed E-state index contributed by atoms with van der Waals surface area (Å²) < 4.78 is 4.12. The van der Waals surface area contributed by atoms with Crippen LogP contribution in [0.4, 0.5) is 0 Å². The molecule has 0 saturated heterocycles. The van der Waals surface area contributed by atoms with Crippen molar-refractivity contribution < 1.29 is 14.3 Å². The minimum atomic E-state index is -0.431. The predicted molar refractivity (Wildman–Crippen MR) is 21.9 cm³/mol. The van der Waals surface area contributed by atoms with Crippen LogP contribution in [0.25, 0.3) is 0 Å². The van der Waals surface area contributed by atoms with E-state index in [2.05, 4.69) is 4.74 Å². The fourth-order valence-corrected chi connectivity index (χ4v) is 0.104. The van der Waals surface area contributed by atoms with Crippen LogP contribution in [-0.2, 0) is 14.3 Å². The van der Waals surface area contributed by atoms with Crippen molar-refractivity contribution in [2.24, 2.45) is 0 Å². The molecule has 3 nitrogen and oxygen atoms in total. The molecule has 0 unspecified atom stereocenters. The summed E-state index contributed by atoms with van der Waals surface area (Å²) in [7, 11) is 1.20. The first-order valence-corrected chi connectivity index (χ1v) is 1.52. The van der Waals surface area contributed by atoms with Crippen molar-refractivity contribution in [1.29, 1.82) is 0 Å². The second-order valence-electron chi connectivity index (χ2n) is 0.737. The standard InChI is InChI=1S/C4H3O3/c1-7-4(2-5)3-6/h1H3. The van der Waals surface area contributed by atoms with Crippen LogP contribution in [0.5, 0.6) is 0 Å². The molecule has 1 radical (unpaired) electrons. The van der Waals surface area contributed by atoms with E-state index >= 15 is 0 Å². The van der Waals surface area contributed by atoms with E-state index in [4.69, 9.17) is 0 Å². The van der Waals surface area contributed by atoms with Crippen molar-refractivity contribution in [3.63, 3.8) is 0 Å². The summed E-state index contributed by atoms with van der Waals surface area (Å²) in [5, 5.41) is 0. The number of hydrogen-bond acceptors (Lipinski definition) is 3. The normalized spacial score (nSPS) is 6.43. The van der Waals surface area contributed by atoms with Crippen LogP contribution in [0.15, 0.2) is 5.76 Å². The molecule has 0 spiro atoms. The van der Waals surface area contributed by atoms with E-state index in [1.54, 1.807) is 0 Å². The summed E-state index contributed by atoms with van der Waals surface area (Å²) in [5.74, 6) is 0.792. The maximum Gasteiger partial charge on any atom is 0.283 e. The molecule has 3 heteroatoms. The summed E-state index contributed by atoms with van der Waals surface area (Å²) in [6.45, 7) is 0. The van der Waals surface area contributed by atoms with Crippen molar-refractivity contribution in [3.05, 3.63) is 5.76 Å². The van der Waals surface area contributed by atoms with E-state index in [1.165, 1.54) is 19.3 Å². The quantitative estimate of drug-likeness (QED) is 0.265. The van der Waals surface area contributed by atoms with Crippen molar-refractivity contribution in [2.45, 2.75) is 0 Å². The van der Waals surface area contributed by atoms with E-state index in [1.807, 2.05) is 0 Å². The Labute approximate surface area is 40.6 Å². The van der Waals surface area contributed by atoms with Crippen LogP contribution in [0, 0.1) is 0 Å². The molecule has 0 aromatic rings. The summed E-state index contributed by atoms with van der Waals surface area (Å²) in [5.41, 5.74) is 0. The summed E-state index contributed by atoms with van der Waals surface area (Å²) in [4.78, 5) is 18.8. The molecule has 0 aliphatic heterocycles. The molecule has 0 rings (SSSR count). The zero-order valence-electron chi connectivity index (χ0n) is 3.72. The predicted octanol–water partition coefficient (Wildman–Crippen LogP) is -0.542. The SMILES string of the molecule is COC([C]=O)=C=O. The average Bonchev–Trinajstić information content (AvgIpc) is 1.72. The Kier molecular flexibility index (Phi) is 2.64. The van der Waals surface area contributed by atoms with Crippen molar-refractivity contribution >= 4 is 12.2 Å². The molecule has 0 aliphatic carbocycles. The molecular weight excluding hydrogens is 96.0 g/mol. The monoisotopic (exact) mass is 99.0 g/mol. The van der Waals surface area contributed by atoms with Gasteiger partial charge in [-0.3, -0.25) is 4.79 Å². The second kappa shape index (κ2) is 3.12. The van der Waals surface area contributed by atoms with Crippen LogP contribution in [0.3, 0.4) is 0 Å². The van der Waals surface area contributed by atoms with E-state index < -0.39 is 5.76 Å². The van der Waals surface area contributed by atoms with E-state index in [0.717, 1.165) is 0 Å². The molecule has 0 aliphatic rings. The Morgan fingerprint density at radius 2 is 2.14 bits per heavy atom. The van der Waals surface area contributed by atoms with Gasteiger partial charge in [0.15, 0.2) is 5.94 Å². The first-order chi connectivity index (χ1) is 3.35. The molecular formula is C4H3O3. The van der Waals surface area contributed by atoms with Gasteiger partial charge < -0.3 is 4.74 Å². The van der Waals surface area contributed by atoms with Gasteiger partial charge in [0.1, 0.15) is 0 Å². The van der Waals surface area contributed by atoms with Gasteiger partial charge >= 0.3 is 0 Å². The fourth-order valence-electron chi connectivity index (χ4n) is 0.104. The third kappa shape index (κ3) is 1.73. The highest BCUT2D eigenvalue weighted by molar-refractivity contribution is 5.83. The molecule has 0 saturated carbocycles. The molecule has 0 N–H and O–H groups in total. The molecule has 0 aromatic heterocycles. The number of ether oxygens (including phenoxy) is 1. The van der Waals surface area contributed by atoms with Crippen LogP contribution in [-0.4, -0.2) is 19.3 Å². The molecule has 0 amide bonds. The Hall–Kier alpha value is -1.08. The fraction of sp³-hybridized carbons (Fsp3) is 0.250. The Morgan fingerprint density at radius 1 is 1.57 bits per heavy atom. The van der Waals surface area contributed by atoms with Gasteiger partial charge in [-0.25, -0.2) is 4.79 Å². The number of hydrogen-bond donors (Lipinski definition) is 0. The number of carbonyl (C=O) groups excluding carboxylic acids is 2. The third-order valence-electron chi connectivity index (χ3n) is 0.390. The Bertz CT molecular complexity index is 110. The first-order valence-electron chi connectivity index (χ1n) is 1.52. The minimum Gasteiger partial charge on any atom is -0.484 e. The lowest BCUT2D eigenvalue weighted by atomic mass is 10.6. The third-order valence-corrected chi connectivity index (χ3v) is 0.390. The lowest BCUT2D eigenvalue weighted by Crippen LogP contribution is -1.85. The van der Waals surface area contributed by atoms with E-state index in [9.17, 15) is 9.59 Å². The van der Waals surface area contributed by atoms with Gasteiger partial charge in [0.2, 0.25) is 0 Å². The van der Waals surface area contributed by atoms with Crippen LogP contribution < -0.4 is 0 Å². The molecule has 0 fully saturated rings. The van der Waals surface area contributed by atoms with Gasteiger partial charge in [0.25, 0.3) is 12.0 Å². The van der Waals surface area contributed by atoms with Gasteiger partial charge in [-0.05, 0) is 0 Å². The number of allylic oxidation sites excluding steroid dienone is 1. The summed E-state index contributed by atoms with van der Waals surface area (Å²) in [6, 6.07) is 0. The topological polar surface area (TPSA) is 43.4 Å². The largest absolute Gasteiger partial charge is 0.484 e. The van der Waals surface area contributed by atoms with E-state index in [-0.39, 0.29) is 0 Å². The Balaban J connectivity index is 3.86. The average molecular weight is 99.1 g/mol. The van der Waals surface area contributed by atoms with Crippen molar-refractivity contribution in [3.8, 4) is 0 Å². The van der Waals surface area contributed by atoms with Crippen molar-refractivity contribution in [2.75, 3.05) is 7.11 Å². The maximum absolute atomic E-state index is 9.42. The molecule has 0 aromatic carbocycles. The van der Waals surface area contributed by atoms with Crippen LogP contribution >= 0.6 is 0 Å². The molecule has 0 heterocycles. The summed E-state index contributed by atoms with van der Waals surface area (Å²) >= 11 is 0. The van der Waals surface area contributed by atoms with Gasteiger partial charge in [-0.1, -0.05) is 0 Å². The molecule has 0 atom stereocenters. The minimum absolute atomic E-state index is 0.431. The lowest BCUT2D eigenvalue weighted by Gasteiger charge is -1.82.